The van der Waals surface area contributed by atoms with E-state index in [4.69, 9.17) is 0 Å². The van der Waals surface area contributed by atoms with Gasteiger partial charge in [0.2, 0.25) is 11.8 Å². The van der Waals surface area contributed by atoms with E-state index in [2.05, 4.69) is 31.9 Å². The summed E-state index contributed by atoms with van der Waals surface area (Å²) < 4.78 is 0.937. The monoisotopic (exact) mass is 403 g/mol. The molecule has 0 saturated carbocycles. The van der Waals surface area contributed by atoms with Gasteiger partial charge in [-0.2, -0.15) is 0 Å². The van der Waals surface area contributed by atoms with Gasteiger partial charge in [0.1, 0.15) is 0 Å². The van der Waals surface area contributed by atoms with Crippen LogP contribution in [-0.4, -0.2) is 52.3 Å². The number of fused-ring (bicyclic) bond motifs is 3. The minimum absolute atomic E-state index is 0.0166. The molecule has 4 rings (SSSR count). The van der Waals surface area contributed by atoms with Crippen LogP contribution in [0.15, 0.2) is 28.9 Å². The van der Waals surface area contributed by atoms with Crippen molar-refractivity contribution in [3.05, 3.63) is 34.6 Å². The van der Waals surface area contributed by atoms with Gasteiger partial charge in [0.25, 0.3) is 0 Å². The number of imide groups is 1. The molecule has 1 aromatic heterocycles. The van der Waals surface area contributed by atoms with Crippen molar-refractivity contribution in [1.29, 1.82) is 0 Å². The summed E-state index contributed by atoms with van der Waals surface area (Å²) in [6, 6.07) is 4.01. The van der Waals surface area contributed by atoms with Crippen molar-refractivity contribution in [2.24, 2.45) is 11.3 Å². The maximum Gasteiger partial charge on any atom is 0.237 e. The molecule has 5 nitrogen and oxygen atoms in total. The lowest BCUT2D eigenvalue weighted by molar-refractivity contribution is -0.141. The van der Waals surface area contributed by atoms with E-state index in [0.717, 1.165) is 36.0 Å². The zero-order valence-electron chi connectivity index (χ0n) is 14.5. The predicted octanol–water partition coefficient (Wildman–Crippen LogP) is 2.72. The molecule has 3 aliphatic rings. The smallest absolute Gasteiger partial charge is 0.237 e. The van der Waals surface area contributed by atoms with E-state index in [9.17, 15) is 9.59 Å². The Morgan fingerprint density at radius 2 is 2.12 bits per heavy atom. The molecule has 1 aromatic rings. The third kappa shape index (κ3) is 2.41. The Kier molecular flexibility index (Phi) is 4.07. The molecular weight excluding hydrogens is 382 g/mol. The Balaban J connectivity index is 1.71. The predicted molar refractivity (Wildman–Crippen MR) is 98.5 cm³/mol. The highest BCUT2D eigenvalue weighted by atomic mass is 79.9. The summed E-state index contributed by atoms with van der Waals surface area (Å²) in [5, 5.41) is 0. The summed E-state index contributed by atoms with van der Waals surface area (Å²) in [6.45, 7) is 2.94. The van der Waals surface area contributed by atoms with Crippen LogP contribution in [0.4, 0.5) is 0 Å². The van der Waals surface area contributed by atoms with Gasteiger partial charge in [0.15, 0.2) is 0 Å². The number of hydrogen-bond donors (Lipinski definition) is 0. The average molecular weight is 404 g/mol. The SMILES string of the molecule is CN1C(=O)[C@@H]2[C@H](/C=C/c3ccc(Br)cn3)N3CCCC[C@H]3[C@]2(C)C1=O. The summed E-state index contributed by atoms with van der Waals surface area (Å²) in [7, 11) is 1.62. The minimum Gasteiger partial charge on any atom is -0.292 e. The second-order valence-electron chi connectivity index (χ2n) is 7.46. The fourth-order valence-corrected chi connectivity index (χ4v) is 5.20. The van der Waals surface area contributed by atoms with Crippen LogP contribution in [0.5, 0.6) is 0 Å². The van der Waals surface area contributed by atoms with Gasteiger partial charge in [-0.15, -0.1) is 0 Å². The normalized spacial score (nSPS) is 35.5. The van der Waals surface area contributed by atoms with Crippen molar-refractivity contribution < 1.29 is 9.59 Å². The standard InChI is InChI=1S/C19H22BrN3O2/c1-19-15-5-3-4-10-23(15)14(16(19)17(24)22(2)18(19)25)9-8-13-7-6-12(20)11-21-13/h6-9,11,14-16H,3-5,10H2,1-2H3/b9-8+/t14-,15-,16-,19-/m0/s1. The third-order valence-corrected chi connectivity index (χ3v) is 6.65. The van der Waals surface area contributed by atoms with E-state index in [0.29, 0.717) is 0 Å². The van der Waals surface area contributed by atoms with Gasteiger partial charge < -0.3 is 0 Å². The molecule has 2 amide bonds. The fraction of sp³-hybridized carbons (Fsp3) is 0.526. The second-order valence-corrected chi connectivity index (χ2v) is 8.38. The first-order chi connectivity index (χ1) is 11.9. The zero-order valence-corrected chi connectivity index (χ0v) is 16.1. The van der Waals surface area contributed by atoms with Crippen LogP contribution < -0.4 is 0 Å². The number of rotatable bonds is 2. The molecule has 0 spiro atoms. The topological polar surface area (TPSA) is 53.5 Å². The van der Waals surface area contributed by atoms with Gasteiger partial charge >= 0.3 is 0 Å². The maximum absolute atomic E-state index is 12.9. The number of halogens is 1. The summed E-state index contributed by atoms with van der Waals surface area (Å²) in [6.07, 6.45) is 9.05. The Labute approximate surface area is 156 Å². The van der Waals surface area contributed by atoms with Crippen molar-refractivity contribution in [1.82, 2.24) is 14.8 Å². The van der Waals surface area contributed by atoms with Gasteiger partial charge in [-0.05, 0) is 60.4 Å². The van der Waals surface area contributed by atoms with Crippen LogP contribution in [0.2, 0.25) is 0 Å². The molecule has 3 fully saturated rings. The van der Waals surface area contributed by atoms with E-state index in [1.54, 1.807) is 13.2 Å². The lowest BCUT2D eigenvalue weighted by atomic mass is 9.73. The van der Waals surface area contributed by atoms with E-state index < -0.39 is 5.41 Å². The summed E-state index contributed by atoms with van der Waals surface area (Å²) in [4.78, 5) is 33.8. The zero-order chi connectivity index (χ0) is 17.8. The highest BCUT2D eigenvalue weighted by Gasteiger charge is 2.68. The van der Waals surface area contributed by atoms with Crippen molar-refractivity contribution >= 4 is 33.8 Å². The van der Waals surface area contributed by atoms with Crippen molar-refractivity contribution in [3.63, 3.8) is 0 Å². The Morgan fingerprint density at radius 1 is 1.32 bits per heavy atom. The number of pyridine rings is 1. The lowest BCUT2D eigenvalue weighted by Gasteiger charge is -2.38. The molecule has 3 saturated heterocycles. The molecule has 0 aromatic carbocycles. The number of likely N-dealkylation sites (tertiary alicyclic amines) is 1. The molecule has 3 aliphatic heterocycles. The van der Waals surface area contributed by atoms with E-state index >= 15 is 0 Å². The van der Waals surface area contributed by atoms with Gasteiger partial charge in [-0.3, -0.25) is 24.4 Å². The molecule has 0 radical (unpaired) electrons. The molecule has 6 heteroatoms. The first kappa shape index (κ1) is 16.9. The van der Waals surface area contributed by atoms with Crippen LogP contribution in [0.3, 0.4) is 0 Å². The van der Waals surface area contributed by atoms with E-state index in [-0.39, 0.29) is 29.8 Å². The van der Waals surface area contributed by atoms with Gasteiger partial charge in [0.05, 0.1) is 17.0 Å². The summed E-state index contributed by atoms with van der Waals surface area (Å²) in [5.74, 6) is -0.350. The maximum atomic E-state index is 12.9. The Hall–Kier alpha value is -1.53. The van der Waals surface area contributed by atoms with Crippen LogP contribution >= 0.6 is 15.9 Å². The van der Waals surface area contributed by atoms with Crippen molar-refractivity contribution in [2.45, 2.75) is 38.3 Å². The van der Waals surface area contributed by atoms with E-state index in [1.165, 1.54) is 4.90 Å². The summed E-state index contributed by atoms with van der Waals surface area (Å²) in [5.41, 5.74) is 0.254. The first-order valence-corrected chi connectivity index (χ1v) is 9.61. The van der Waals surface area contributed by atoms with Gasteiger partial charge in [-0.25, -0.2) is 0 Å². The number of hydrogen-bond acceptors (Lipinski definition) is 4. The number of aromatic nitrogens is 1. The molecule has 132 valence electrons. The highest BCUT2D eigenvalue weighted by Crippen LogP contribution is 2.54. The van der Waals surface area contributed by atoms with Crippen LogP contribution in [0, 0.1) is 11.3 Å². The number of nitrogens with zero attached hydrogens (tertiary/aromatic N) is 3. The molecule has 0 bridgehead atoms. The van der Waals surface area contributed by atoms with Crippen LogP contribution in [-0.2, 0) is 9.59 Å². The quantitative estimate of drug-likeness (QED) is 0.712. The third-order valence-electron chi connectivity index (χ3n) is 6.18. The van der Waals surface area contributed by atoms with Gasteiger partial charge in [0, 0.05) is 29.8 Å². The minimum atomic E-state index is -0.603. The summed E-state index contributed by atoms with van der Waals surface area (Å²) >= 11 is 3.39. The largest absolute Gasteiger partial charge is 0.292 e. The Bertz CT molecular complexity index is 748. The average Bonchev–Trinajstić information content (AvgIpc) is 2.97. The lowest BCUT2D eigenvalue weighted by Crippen LogP contribution is -2.48. The van der Waals surface area contributed by atoms with Crippen molar-refractivity contribution in [3.8, 4) is 0 Å². The van der Waals surface area contributed by atoms with E-state index in [1.807, 2.05) is 25.1 Å². The highest BCUT2D eigenvalue weighted by molar-refractivity contribution is 9.10. The number of carbonyl (C=O) groups is 2. The molecule has 25 heavy (non-hydrogen) atoms. The molecule has 4 heterocycles. The fourth-order valence-electron chi connectivity index (χ4n) is 4.96. The van der Waals surface area contributed by atoms with Gasteiger partial charge in [-0.1, -0.05) is 12.5 Å². The van der Waals surface area contributed by atoms with Crippen LogP contribution in [0.25, 0.3) is 6.08 Å². The molecule has 4 atom stereocenters. The van der Waals surface area contributed by atoms with Crippen LogP contribution in [0.1, 0.15) is 31.9 Å². The molecule has 0 unspecified atom stereocenters. The molecular formula is C19H22BrN3O2. The molecule has 0 aliphatic carbocycles. The number of amides is 2. The second kappa shape index (κ2) is 6.02. The number of carbonyl (C=O) groups excluding carboxylic acids is 2. The number of piperidine rings is 1. The first-order valence-electron chi connectivity index (χ1n) is 8.82. The molecule has 0 N–H and O–H groups in total. The Morgan fingerprint density at radius 3 is 2.84 bits per heavy atom. The van der Waals surface area contributed by atoms with Crippen molar-refractivity contribution in [2.75, 3.05) is 13.6 Å².